The fourth-order valence-electron chi connectivity index (χ4n) is 4.16. The summed E-state index contributed by atoms with van der Waals surface area (Å²) in [7, 11) is -3.17. The number of ether oxygens (including phenoxy) is 1. The molecule has 3 aromatic carbocycles. The molecule has 1 fully saturated rings. The van der Waals surface area contributed by atoms with Crippen LogP contribution in [-0.4, -0.2) is 38.8 Å². The average Bonchev–Trinajstić information content (AvgIpc) is 2.85. The van der Waals surface area contributed by atoms with Crippen LogP contribution >= 0.6 is 15.9 Å². The first-order chi connectivity index (χ1) is 15.9. The third-order valence-electron chi connectivity index (χ3n) is 6.33. The second-order valence-electron chi connectivity index (χ2n) is 8.57. The van der Waals surface area contributed by atoms with Crippen molar-refractivity contribution in [2.75, 3.05) is 25.4 Å². The van der Waals surface area contributed by atoms with Crippen LogP contribution in [0.2, 0.25) is 0 Å². The molecule has 0 amide bonds. The Morgan fingerprint density at radius 2 is 1.52 bits per heavy atom. The molecule has 33 heavy (non-hydrogen) atoms. The molecular weight excluding hydrogens is 498 g/mol. The van der Waals surface area contributed by atoms with Crippen molar-refractivity contribution in [1.29, 1.82) is 0 Å². The summed E-state index contributed by atoms with van der Waals surface area (Å²) in [6.07, 6.45) is 2.30. The highest BCUT2D eigenvalue weighted by Gasteiger charge is 2.20. The first-order valence-electron chi connectivity index (χ1n) is 11.5. The van der Waals surface area contributed by atoms with Crippen LogP contribution in [-0.2, 0) is 16.4 Å². The lowest BCUT2D eigenvalue weighted by Gasteiger charge is -2.32. The molecule has 0 radical (unpaired) electrons. The summed E-state index contributed by atoms with van der Waals surface area (Å²) in [6.45, 7) is 5.58. The topological polar surface area (TPSA) is 46.6 Å². The lowest BCUT2D eigenvalue weighted by Crippen LogP contribution is -2.35. The van der Waals surface area contributed by atoms with Crippen LogP contribution < -0.4 is 4.74 Å². The maximum atomic E-state index is 12.0. The van der Waals surface area contributed by atoms with Crippen molar-refractivity contribution in [2.24, 2.45) is 5.92 Å². The number of benzene rings is 3. The zero-order valence-electron chi connectivity index (χ0n) is 18.9. The van der Waals surface area contributed by atoms with E-state index in [1.165, 1.54) is 10.0 Å². The van der Waals surface area contributed by atoms with Gasteiger partial charge in [-0.2, -0.15) is 0 Å². The Morgan fingerprint density at radius 1 is 0.909 bits per heavy atom. The van der Waals surface area contributed by atoms with Gasteiger partial charge >= 0.3 is 0 Å². The molecule has 1 aliphatic rings. The highest BCUT2D eigenvalue weighted by molar-refractivity contribution is 9.10. The third-order valence-corrected chi connectivity index (χ3v) is 8.85. The minimum Gasteiger partial charge on any atom is -0.493 e. The predicted molar refractivity (Wildman–Crippen MR) is 137 cm³/mol. The molecule has 0 saturated carbocycles. The molecular formula is C27H30BrNO3S. The van der Waals surface area contributed by atoms with Crippen LogP contribution in [0, 0.1) is 5.92 Å². The fraction of sp³-hybridized carbons (Fsp3) is 0.333. The number of hydrogen-bond donors (Lipinski definition) is 0. The van der Waals surface area contributed by atoms with Gasteiger partial charge in [0.25, 0.3) is 0 Å². The van der Waals surface area contributed by atoms with Crippen LogP contribution in [0.3, 0.4) is 0 Å². The number of piperidine rings is 1. The Labute approximate surface area is 205 Å². The molecule has 0 bridgehead atoms. The predicted octanol–water partition coefficient (Wildman–Crippen LogP) is 6.20. The summed E-state index contributed by atoms with van der Waals surface area (Å²) in [5.41, 5.74) is 3.38. The van der Waals surface area contributed by atoms with Crippen molar-refractivity contribution in [1.82, 2.24) is 4.90 Å². The van der Waals surface area contributed by atoms with Gasteiger partial charge in [-0.05, 0) is 78.9 Å². The standard InChI is InChI=1S/C27H30BrNO3S/c1-2-33(30,31)26-13-9-23(10-14-26)22-7-11-25(12-8-22)32-20-21-15-17-29(18-16-21)19-24-5-3-4-6-27(24)28/h3-14,21H,2,15-20H2,1H3. The Morgan fingerprint density at radius 3 is 2.12 bits per heavy atom. The summed E-state index contributed by atoms with van der Waals surface area (Å²) < 4.78 is 31.2. The average molecular weight is 529 g/mol. The van der Waals surface area contributed by atoms with E-state index in [0.717, 1.165) is 56.0 Å². The van der Waals surface area contributed by atoms with E-state index in [9.17, 15) is 8.42 Å². The Balaban J connectivity index is 1.26. The lowest BCUT2D eigenvalue weighted by atomic mass is 9.97. The number of nitrogens with zero attached hydrogens (tertiary/aromatic N) is 1. The van der Waals surface area contributed by atoms with E-state index in [1.807, 2.05) is 36.4 Å². The zero-order valence-corrected chi connectivity index (χ0v) is 21.3. The minimum absolute atomic E-state index is 0.113. The van der Waals surface area contributed by atoms with E-state index in [1.54, 1.807) is 19.1 Å². The highest BCUT2D eigenvalue weighted by atomic mass is 79.9. The van der Waals surface area contributed by atoms with Crippen molar-refractivity contribution in [2.45, 2.75) is 31.2 Å². The van der Waals surface area contributed by atoms with Gasteiger partial charge in [0.2, 0.25) is 0 Å². The van der Waals surface area contributed by atoms with Crippen molar-refractivity contribution < 1.29 is 13.2 Å². The second kappa shape index (κ2) is 10.9. The molecule has 1 aliphatic heterocycles. The molecule has 0 unspecified atom stereocenters. The van der Waals surface area contributed by atoms with E-state index in [2.05, 4.69) is 45.1 Å². The number of likely N-dealkylation sites (tertiary alicyclic amines) is 1. The van der Waals surface area contributed by atoms with Gasteiger partial charge in [0.1, 0.15) is 5.75 Å². The molecule has 0 spiro atoms. The summed E-state index contributed by atoms with van der Waals surface area (Å²) in [4.78, 5) is 2.89. The lowest BCUT2D eigenvalue weighted by molar-refractivity contribution is 0.136. The first kappa shape index (κ1) is 24.0. The smallest absolute Gasteiger partial charge is 0.178 e. The van der Waals surface area contributed by atoms with Crippen LogP contribution in [0.4, 0.5) is 0 Å². The largest absolute Gasteiger partial charge is 0.493 e. The third kappa shape index (κ3) is 6.25. The van der Waals surface area contributed by atoms with Gasteiger partial charge in [0.05, 0.1) is 17.3 Å². The first-order valence-corrected chi connectivity index (χ1v) is 13.9. The second-order valence-corrected chi connectivity index (χ2v) is 11.7. The summed E-state index contributed by atoms with van der Waals surface area (Å²) in [5.74, 6) is 1.56. The molecule has 174 valence electrons. The number of rotatable bonds is 8. The van der Waals surface area contributed by atoms with Crippen molar-refractivity contribution in [3.63, 3.8) is 0 Å². The van der Waals surface area contributed by atoms with Crippen LogP contribution in [0.25, 0.3) is 11.1 Å². The highest BCUT2D eigenvalue weighted by Crippen LogP contribution is 2.26. The van der Waals surface area contributed by atoms with E-state index in [0.29, 0.717) is 10.8 Å². The van der Waals surface area contributed by atoms with E-state index >= 15 is 0 Å². The summed E-state index contributed by atoms with van der Waals surface area (Å²) >= 11 is 3.65. The summed E-state index contributed by atoms with van der Waals surface area (Å²) in [5, 5.41) is 0. The van der Waals surface area contributed by atoms with Gasteiger partial charge in [-0.15, -0.1) is 0 Å². The molecule has 1 heterocycles. The number of sulfone groups is 1. The molecule has 1 saturated heterocycles. The molecule has 6 heteroatoms. The van der Waals surface area contributed by atoms with Gasteiger partial charge in [-0.25, -0.2) is 8.42 Å². The normalized spacial score (nSPS) is 15.5. The zero-order chi connectivity index (χ0) is 23.3. The summed E-state index contributed by atoms with van der Waals surface area (Å²) in [6, 6.07) is 23.6. The van der Waals surface area contributed by atoms with Crippen molar-refractivity contribution in [3.8, 4) is 16.9 Å². The van der Waals surface area contributed by atoms with Crippen LogP contribution in [0.5, 0.6) is 5.75 Å². The molecule has 4 rings (SSSR count). The van der Waals surface area contributed by atoms with E-state index in [4.69, 9.17) is 4.74 Å². The van der Waals surface area contributed by atoms with Gasteiger partial charge in [0.15, 0.2) is 9.84 Å². The van der Waals surface area contributed by atoms with E-state index < -0.39 is 9.84 Å². The SMILES string of the molecule is CCS(=O)(=O)c1ccc(-c2ccc(OCC3CCN(Cc4ccccc4Br)CC3)cc2)cc1. The maximum absolute atomic E-state index is 12.0. The molecule has 0 aromatic heterocycles. The maximum Gasteiger partial charge on any atom is 0.178 e. The monoisotopic (exact) mass is 527 g/mol. The Bertz CT molecular complexity index is 1150. The minimum atomic E-state index is -3.17. The molecule has 0 aliphatic carbocycles. The molecule has 3 aromatic rings. The van der Waals surface area contributed by atoms with Gasteiger partial charge in [0, 0.05) is 11.0 Å². The molecule has 0 atom stereocenters. The quantitative estimate of drug-likeness (QED) is 0.349. The Hall–Kier alpha value is -2.15. The Kier molecular flexibility index (Phi) is 7.89. The molecule has 4 nitrogen and oxygen atoms in total. The van der Waals surface area contributed by atoms with Gasteiger partial charge in [-0.1, -0.05) is 65.3 Å². The number of hydrogen-bond acceptors (Lipinski definition) is 4. The van der Waals surface area contributed by atoms with Crippen molar-refractivity contribution >= 4 is 25.8 Å². The van der Waals surface area contributed by atoms with Crippen LogP contribution in [0.1, 0.15) is 25.3 Å². The fourth-order valence-corrected chi connectivity index (χ4v) is 5.45. The van der Waals surface area contributed by atoms with Crippen molar-refractivity contribution in [3.05, 3.63) is 82.8 Å². The molecule has 0 N–H and O–H groups in total. The van der Waals surface area contributed by atoms with Gasteiger partial charge in [-0.3, -0.25) is 4.90 Å². The van der Waals surface area contributed by atoms with Crippen LogP contribution in [0.15, 0.2) is 82.2 Å². The van der Waals surface area contributed by atoms with E-state index in [-0.39, 0.29) is 5.75 Å². The van der Waals surface area contributed by atoms with Gasteiger partial charge < -0.3 is 4.74 Å². The number of halogens is 1.